The largest absolute Gasteiger partial charge is 0.497 e. The summed E-state index contributed by atoms with van der Waals surface area (Å²) in [7, 11) is 3.36. The predicted molar refractivity (Wildman–Crippen MR) is 109 cm³/mol. The Morgan fingerprint density at radius 3 is 1.96 bits per heavy atom. The minimum Gasteiger partial charge on any atom is -0.497 e. The van der Waals surface area contributed by atoms with E-state index in [4.69, 9.17) is 21.7 Å². The highest BCUT2D eigenvalue weighted by Crippen LogP contribution is 2.20. The number of anilines is 1. The standard InChI is InChI=1S/C20H25N3O2S/c1-24-18-7-3-16(4-8-18)15-21-20(26)23-13-11-22(12-14-23)17-5-9-19(25-2)10-6-17/h3-10H,11-15H2,1-2H3,(H,21,26). The first-order valence-electron chi connectivity index (χ1n) is 8.74. The monoisotopic (exact) mass is 371 g/mol. The second-order valence-corrected chi connectivity index (χ2v) is 6.57. The summed E-state index contributed by atoms with van der Waals surface area (Å²) in [5.41, 5.74) is 2.41. The van der Waals surface area contributed by atoms with E-state index in [1.165, 1.54) is 11.3 Å². The van der Waals surface area contributed by atoms with Crippen molar-refractivity contribution in [2.45, 2.75) is 6.54 Å². The van der Waals surface area contributed by atoms with Crippen LogP contribution >= 0.6 is 12.2 Å². The van der Waals surface area contributed by atoms with Crippen LogP contribution in [-0.2, 0) is 6.54 Å². The van der Waals surface area contributed by atoms with Gasteiger partial charge in [0.1, 0.15) is 11.5 Å². The lowest BCUT2D eigenvalue weighted by atomic mass is 10.2. The third kappa shape index (κ3) is 4.58. The predicted octanol–water partition coefficient (Wildman–Crippen LogP) is 2.90. The van der Waals surface area contributed by atoms with Gasteiger partial charge in [-0.05, 0) is 54.2 Å². The number of methoxy groups -OCH3 is 2. The highest BCUT2D eigenvalue weighted by Gasteiger charge is 2.19. The van der Waals surface area contributed by atoms with Crippen molar-refractivity contribution in [3.05, 3.63) is 54.1 Å². The normalized spacial score (nSPS) is 14.1. The van der Waals surface area contributed by atoms with Crippen LogP contribution in [0.3, 0.4) is 0 Å². The first kappa shape index (κ1) is 18.3. The van der Waals surface area contributed by atoms with Gasteiger partial charge in [-0.1, -0.05) is 12.1 Å². The van der Waals surface area contributed by atoms with Gasteiger partial charge in [0, 0.05) is 38.4 Å². The number of rotatable bonds is 5. The average Bonchev–Trinajstić information content (AvgIpc) is 2.72. The molecule has 1 saturated heterocycles. The number of benzene rings is 2. The van der Waals surface area contributed by atoms with E-state index < -0.39 is 0 Å². The van der Waals surface area contributed by atoms with E-state index in [1.807, 2.05) is 24.3 Å². The molecular formula is C20H25N3O2S. The maximum Gasteiger partial charge on any atom is 0.169 e. The Bertz CT molecular complexity index is 711. The zero-order chi connectivity index (χ0) is 18.4. The molecule has 1 N–H and O–H groups in total. The molecule has 1 fully saturated rings. The SMILES string of the molecule is COc1ccc(CNC(=S)N2CCN(c3ccc(OC)cc3)CC2)cc1. The van der Waals surface area contributed by atoms with E-state index >= 15 is 0 Å². The molecule has 0 aliphatic carbocycles. The molecule has 3 rings (SSSR count). The molecule has 6 heteroatoms. The van der Waals surface area contributed by atoms with E-state index in [2.05, 4.69) is 39.4 Å². The van der Waals surface area contributed by atoms with Gasteiger partial charge in [-0.15, -0.1) is 0 Å². The summed E-state index contributed by atoms with van der Waals surface area (Å²) in [6.45, 7) is 4.47. The highest BCUT2D eigenvalue weighted by molar-refractivity contribution is 7.80. The summed E-state index contributed by atoms with van der Waals surface area (Å²) in [6.07, 6.45) is 0. The molecule has 5 nitrogen and oxygen atoms in total. The molecule has 2 aromatic carbocycles. The first-order valence-corrected chi connectivity index (χ1v) is 9.15. The number of piperazine rings is 1. The van der Waals surface area contributed by atoms with Crippen molar-refractivity contribution in [1.29, 1.82) is 0 Å². The Labute approximate surface area is 160 Å². The van der Waals surface area contributed by atoms with Crippen molar-refractivity contribution in [3.63, 3.8) is 0 Å². The van der Waals surface area contributed by atoms with E-state index in [1.54, 1.807) is 14.2 Å². The van der Waals surface area contributed by atoms with E-state index in [0.29, 0.717) is 0 Å². The van der Waals surface area contributed by atoms with Crippen molar-refractivity contribution >= 4 is 23.0 Å². The third-order valence-corrected chi connectivity index (χ3v) is 5.01. The van der Waals surface area contributed by atoms with Crippen molar-refractivity contribution in [1.82, 2.24) is 10.2 Å². The Kier molecular flexibility index (Phi) is 6.17. The second kappa shape index (κ2) is 8.76. The number of nitrogens with one attached hydrogen (secondary N) is 1. The fourth-order valence-electron chi connectivity index (χ4n) is 2.99. The van der Waals surface area contributed by atoms with Gasteiger partial charge >= 0.3 is 0 Å². The Morgan fingerprint density at radius 2 is 1.42 bits per heavy atom. The number of hydrogen-bond donors (Lipinski definition) is 1. The Hall–Kier alpha value is -2.47. The molecule has 0 unspecified atom stereocenters. The summed E-state index contributed by atoms with van der Waals surface area (Å²) in [4.78, 5) is 4.61. The molecular weight excluding hydrogens is 346 g/mol. The van der Waals surface area contributed by atoms with Gasteiger partial charge in [0.15, 0.2) is 5.11 Å². The molecule has 0 radical (unpaired) electrons. The molecule has 0 atom stereocenters. The quantitative estimate of drug-likeness (QED) is 0.815. The van der Waals surface area contributed by atoms with Crippen molar-refractivity contribution in [2.75, 3.05) is 45.3 Å². The van der Waals surface area contributed by atoms with Crippen LogP contribution < -0.4 is 19.7 Å². The molecule has 2 aromatic rings. The van der Waals surface area contributed by atoms with Gasteiger partial charge in [-0.25, -0.2) is 0 Å². The van der Waals surface area contributed by atoms with Crippen LogP contribution in [-0.4, -0.2) is 50.4 Å². The number of nitrogens with zero attached hydrogens (tertiary/aromatic N) is 2. The van der Waals surface area contributed by atoms with Gasteiger partial charge in [0.25, 0.3) is 0 Å². The molecule has 138 valence electrons. The summed E-state index contributed by atoms with van der Waals surface area (Å²) < 4.78 is 10.4. The zero-order valence-electron chi connectivity index (χ0n) is 15.3. The van der Waals surface area contributed by atoms with Crippen LogP contribution in [0, 0.1) is 0 Å². The average molecular weight is 372 g/mol. The fraction of sp³-hybridized carbons (Fsp3) is 0.350. The Balaban J connectivity index is 1.46. The molecule has 1 aliphatic heterocycles. The van der Waals surface area contributed by atoms with Crippen LogP contribution in [0.25, 0.3) is 0 Å². The molecule has 26 heavy (non-hydrogen) atoms. The third-order valence-electron chi connectivity index (χ3n) is 4.61. The van der Waals surface area contributed by atoms with Gasteiger partial charge in [-0.3, -0.25) is 0 Å². The molecule has 0 saturated carbocycles. The van der Waals surface area contributed by atoms with Crippen LogP contribution in [0.5, 0.6) is 11.5 Å². The van der Waals surface area contributed by atoms with E-state index in [0.717, 1.165) is 49.3 Å². The molecule has 0 spiro atoms. The topological polar surface area (TPSA) is 37.0 Å². The maximum absolute atomic E-state index is 5.56. The van der Waals surface area contributed by atoms with Gasteiger partial charge in [0.05, 0.1) is 14.2 Å². The van der Waals surface area contributed by atoms with Crippen LogP contribution in [0.1, 0.15) is 5.56 Å². The number of hydrogen-bond acceptors (Lipinski definition) is 4. The Morgan fingerprint density at radius 1 is 0.885 bits per heavy atom. The molecule has 1 heterocycles. The second-order valence-electron chi connectivity index (χ2n) is 6.18. The first-order chi connectivity index (χ1) is 12.7. The minimum absolute atomic E-state index is 0.724. The lowest BCUT2D eigenvalue weighted by Gasteiger charge is -2.37. The van der Waals surface area contributed by atoms with Gasteiger partial charge < -0.3 is 24.6 Å². The lowest BCUT2D eigenvalue weighted by Crippen LogP contribution is -2.51. The highest BCUT2D eigenvalue weighted by atomic mass is 32.1. The zero-order valence-corrected chi connectivity index (χ0v) is 16.1. The summed E-state index contributed by atoms with van der Waals surface area (Å²) >= 11 is 5.56. The van der Waals surface area contributed by atoms with Gasteiger partial charge in [-0.2, -0.15) is 0 Å². The fourth-order valence-corrected chi connectivity index (χ4v) is 3.25. The van der Waals surface area contributed by atoms with E-state index in [-0.39, 0.29) is 0 Å². The minimum atomic E-state index is 0.724. The summed E-state index contributed by atoms with van der Waals surface area (Å²) in [5, 5.41) is 4.17. The molecule has 1 aliphatic rings. The maximum atomic E-state index is 5.56. The summed E-state index contributed by atoms with van der Waals surface area (Å²) in [6, 6.07) is 16.3. The van der Waals surface area contributed by atoms with Crippen molar-refractivity contribution in [2.24, 2.45) is 0 Å². The molecule has 0 amide bonds. The van der Waals surface area contributed by atoms with Crippen LogP contribution in [0.2, 0.25) is 0 Å². The van der Waals surface area contributed by atoms with Crippen LogP contribution in [0.4, 0.5) is 5.69 Å². The van der Waals surface area contributed by atoms with Crippen molar-refractivity contribution in [3.8, 4) is 11.5 Å². The van der Waals surface area contributed by atoms with Gasteiger partial charge in [0.2, 0.25) is 0 Å². The number of thiocarbonyl (C=S) groups is 1. The smallest absolute Gasteiger partial charge is 0.169 e. The van der Waals surface area contributed by atoms with Crippen LogP contribution in [0.15, 0.2) is 48.5 Å². The molecule has 0 aromatic heterocycles. The van der Waals surface area contributed by atoms with E-state index in [9.17, 15) is 0 Å². The lowest BCUT2D eigenvalue weighted by molar-refractivity contribution is 0.380. The number of ether oxygens (including phenoxy) is 2. The summed E-state index contributed by atoms with van der Waals surface area (Å²) in [5.74, 6) is 1.75. The molecule has 0 bridgehead atoms. The van der Waals surface area contributed by atoms with Crippen molar-refractivity contribution < 1.29 is 9.47 Å².